The average Bonchev–Trinajstić information content (AvgIpc) is 2.68. The summed E-state index contributed by atoms with van der Waals surface area (Å²) in [5, 5.41) is 43.0. The van der Waals surface area contributed by atoms with Gasteiger partial charge in [-0.1, -0.05) is 36.4 Å². The molecule has 5 unspecified atom stereocenters. The first-order chi connectivity index (χ1) is 13.0. The van der Waals surface area contributed by atoms with Crippen LogP contribution in [0, 0.1) is 0 Å². The lowest BCUT2D eigenvalue weighted by atomic mass is 9.87. The Labute approximate surface area is 155 Å². The molecular weight excluding hydrogens is 350 g/mol. The second-order valence-electron chi connectivity index (χ2n) is 7.00. The Balaban J connectivity index is 1.56. The molecule has 27 heavy (non-hydrogen) atoms. The van der Waals surface area contributed by atoms with Crippen molar-refractivity contribution in [2.24, 2.45) is 0 Å². The van der Waals surface area contributed by atoms with Crippen LogP contribution >= 0.6 is 0 Å². The van der Waals surface area contributed by atoms with Gasteiger partial charge in [-0.15, -0.1) is 0 Å². The van der Waals surface area contributed by atoms with E-state index in [0.29, 0.717) is 11.1 Å². The van der Waals surface area contributed by atoms with E-state index in [2.05, 4.69) is 0 Å². The highest BCUT2D eigenvalue weighted by Crippen LogP contribution is 2.30. The minimum Gasteiger partial charge on any atom is -0.394 e. The summed E-state index contributed by atoms with van der Waals surface area (Å²) in [4.78, 5) is 12.9. The summed E-state index contributed by atoms with van der Waals surface area (Å²) >= 11 is 0. The Hall–Kier alpha value is -2.13. The number of Topliss-reactive ketones (excluding diaryl/α,β-unsaturated/α-hetero) is 1. The molecule has 142 valence electrons. The highest BCUT2D eigenvalue weighted by molar-refractivity contribution is 6.22. The summed E-state index contributed by atoms with van der Waals surface area (Å²) in [6.45, 7) is -0.297. The Kier molecular flexibility index (Phi) is 4.81. The monoisotopic (exact) mass is 372 g/mol. The Morgan fingerprint density at radius 3 is 2.52 bits per heavy atom. The molecule has 1 heterocycles. The molecule has 0 aromatic heterocycles. The van der Waals surface area contributed by atoms with Gasteiger partial charge in [0.2, 0.25) is 6.29 Å². The number of rotatable bonds is 4. The maximum Gasteiger partial charge on any atom is 0.211 e. The van der Waals surface area contributed by atoms with Crippen molar-refractivity contribution in [2.45, 2.75) is 30.6 Å². The number of nitrogens with two attached hydrogens (primary N) is 1. The minimum absolute atomic E-state index is 0.0926. The number of hydrogen-bond acceptors (Lipinski definition) is 6. The van der Waals surface area contributed by atoms with Crippen molar-refractivity contribution in [1.29, 1.82) is 0 Å². The van der Waals surface area contributed by atoms with E-state index in [1.165, 1.54) is 0 Å². The fraction of sp³-hybridized carbons (Fsp3) is 0.350. The van der Waals surface area contributed by atoms with Crippen molar-refractivity contribution in [3.63, 3.8) is 0 Å². The van der Waals surface area contributed by atoms with E-state index in [4.69, 9.17) is 9.84 Å². The van der Waals surface area contributed by atoms with Crippen LogP contribution in [0.15, 0.2) is 42.0 Å². The normalized spacial score (nSPS) is 30.4. The maximum absolute atomic E-state index is 12.9. The third-order valence-corrected chi connectivity index (χ3v) is 5.36. The fourth-order valence-corrected chi connectivity index (χ4v) is 3.89. The predicted molar refractivity (Wildman–Crippen MR) is 96.8 cm³/mol. The fourth-order valence-electron chi connectivity index (χ4n) is 3.89. The van der Waals surface area contributed by atoms with Gasteiger partial charge in [-0.05, 0) is 17.0 Å². The number of benzene rings is 2. The van der Waals surface area contributed by atoms with Crippen LogP contribution in [0.1, 0.15) is 15.9 Å². The molecule has 7 nitrogen and oxygen atoms in total. The zero-order valence-corrected chi connectivity index (χ0v) is 14.5. The molecular formula is C20H22NO6+. The number of quaternary nitrogens is 1. The van der Waals surface area contributed by atoms with Crippen LogP contribution in [0.25, 0.3) is 16.8 Å². The van der Waals surface area contributed by atoms with E-state index in [-0.39, 0.29) is 12.3 Å². The quantitative estimate of drug-likeness (QED) is 0.459. The third kappa shape index (κ3) is 3.08. The average molecular weight is 372 g/mol. The van der Waals surface area contributed by atoms with Crippen molar-refractivity contribution in [3.05, 3.63) is 53.1 Å². The number of ether oxygens (including phenoxy) is 1. The van der Waals surface area contributed by atoms with E-state index >= 15 is 0 Å². The summed E-state index contributed by atoms with van der Waals surface area (Å²) in [7, 11) is 0. The third-order valence-electron chi connectivity index (χ3n) is 5.36. The van der Waals surface area contributed by atoms with Crippen LogP contribution < -0.4 is 5.32 Å². The number of aliphatic hydroxyl groups is 4. The second kappa shape index (κ2) is 7.12. The number of ketones is 1. The molecule has 0 saturated carbocycles. The molecule has 4 rings (SSSR count). The molecule has 0 radical (unpaired) electrons. The van der Waals surface area contributed by atoms with Gasteiger partial charge >= 0.3 is 0 Å². The molecule has 1 aliphatic heterocycles. The Bertz CT molecular complexity index is 905. The summed E-state index contributed by atoms with van der Waals surface area (Å²) in [6, 6.07) is 10.6. The van der Waals surface area contributed by atoms with Crippen LogP contribution in [0.5, 0.6) is 0 Å². The standard InChI is InChI=1S/C20H21NO6/c22-9-14-18(24)19(25)16(20(26)27-14)21-8-12-7-11-5-1-3-10-4-2-6-13(15(10)11)17(12)23/h1-7,14,16,18-22,24-26H,8-9H2/p+1. The first-order valence-electron chi connectivity index (χ1n) is 8.92. The van der Waals surface area contributed by atoms with Gasteiger partial charge in [-0.3, -0.25) is 4.79 Å². The Morgan fingerprint density at radius 2 is 1.78 bits per heavy atom. The van der Waals surface area contributed by atoms with Crippen LogP contribution in [-0.2, 0) is 4.74 Å². The lowest BCUT2D eigenvalue weighted by Crippen LogP contribution is -2.97. The molecule has 1 aliphatic carbocycles. The molecule has 0 bridgehead atoms. The van der Waals surface area contributed by atoms with E-state index in [0.717, 1.165) is 16.3 Å². The first kappa shape index (κ1) is 18.2. The van der Waals surface area contributed by atoms with Crippen LogP contribution in [-0.4, -0.2) is 70.0 Å². The topological polar surface area (TPSA) is 124 Å². The van der Waals surface area contributed by atoms with Gasteiger partial charge in [-0.25, -0.2) is 0 Å². The van der Waals surface area contributed by atoms with Gasteiger partial charge in [-0.2, -0.15) is 0 Å². The van der Waals surface area contributed by atoms with E-state index < -0.39 is 37.3 Å². The van der Waals surface area contributed by atoms with Gasteiger partial charge < -0.3 is 30.5 Å². The lowest BCUT2D eigenvalue weighted by molar-refractivity contribution is -0.711. The summed E-state index contributed by atoms with van der Waals surface area (Å²) in [5.74, 6) is -0.0926. The van der Waals surface area contributed by atoms with Crippen molar-refractivity contribution in [1.82, 2.24) is 0 Å². The van der Waals surface area contributed by atoms with Gasteiger partial charge in [0.1, 0.15) is 24.9 Å². The van der Waals surface area contributed by atoms with Gasteiger partial charge in [0.05, 0.1) is 12.2 Å². The Morgan fingerprint density at radius 1 is 1.04 bits per heavy atom. The van der Waals surface area contributed by atoms with Crippen molar-refractivity contribution < 1.29 is 35.3 Å². The SMILES string of the molecule is O=C1C(C[NH2+]C2C(O)OC(CO)C(O)C2O)=Cc2cccc3cccc1c23. The summed E-state index contributed by atoms with van der Waals surface area (Å²) < 4.78 is 5.16. The highest BCUT2D eigenvalue weighted by Gasteiger charge is 2.46. The van der Waals surface area contributed by atoms with Crippen molar-refractivity contribution in [2.75, 3.05) is 13.2 Å². The minimum atomic E-state index is -1.37. The van der Waals surface area contributed by atoms with E-state index in [9.17, 15) is 20.1 Å². The molecule has 2 aromatic rings. The smallest absolute Gasteiger partial charge is 0.211 e. The molecule has 7 heteroatoms. The molecule has 1 fully saturated rings. The second-order valence-corrected chi connectivity index (χ2v) is 7.00. The molecule has 0 amide bonds. The zero-order chi connectivity index (χ0) is 19.1. The molecule has 2 aromatic carbocycles. The lowest BCUT2D eigenvalue weighted by Gasteiger charge is -2.38. The van der Waals surface area contributed by atoms with Gasteiger partial charge in [0, 0.05) is 10.9 Å². The summed E-state index contributed by atoms with van der Waals surface area (Å²) in [6.07, 6.45) is -3.19. The number of aliphatic hydroxyl groups excluding tert-OH is 4. The summed E-state index contributed by atoms with van der Waals surface area (Å²) in [5.41, 5.74) is 2.13. The van der Waals surface area contributed by atoms with Crippen LogP contribution in [0.4, 0.5) is 0 Å². The zero-order valence-electron chi connectivity index (χ0n) is 14.5. The molecule has 1 saturated heterocycles. The van der Waals surface area contributed by atoms with E-state index in [1.54, 1.807) is 11.4 Å². The predicted octanol–water partition coefficient (Wildman–Crippen LogP) is -1.22. The van der Waals surface area contributed by atoms with Crippen LogP contribution in [0.3, 0.4) is 0 Å². The number of hydrogen-bond donors (Lipinski definition) is 5. The molecule has 6 N–H and O–H groups in total. The van der Waals surface area contributed by atoms with E-state index in [1.807, 2.05) is 36.4 Å². The molecule has 0 spiro atoms. The number of carbonyl (C=O) groups excluding carboxylic acids is 1. The van der Waals surface area contributed by atoms with Crippen molar-refractivity contribution >= 4 is 22.6 Å². The largest absolute Gasteiger partial charge is 0.394 e. The highest BCUT2D eigenvalue weighted by atomic mass is 16.6. The first-order valence-corrected chi connectivity index (χ1v) is 8.92. The van der Waals surface area contributed by atoms with Crippen LogP contribution in [0.2, 0.25) is 0 Å². The maximum atomic E-state index is 12.9. The van der Waals surface area contributed by atoms with Gasteiger partial charge in [0.15, 0.2) is 11.8 Å². The van der Waals surface area contributed by atoms with Gasteiger partial charge in [0.25, 0.3) is 0 Å². The molecule has 5 atom stereocenters. The number of carbonyl (C=O) groups is 1. The molecule has 2 aliphatic rings. The van der Waals surface area contributed by atoms with Crippen molar-refractivity contribution in [3.8, 4) is 0 Å².